The summed E-state index contributed by atoms with van der Waals surface area (Å²) in [5.41, 5.74) is 0. The Hall–Kier alpha value is -5.15. The molecule has 530 valence electrons. The molecule has 0 amide bonds. The van der Waals surface area contributed by atoms with Crippen LogP contribution in [-0.2, 0) is 32.7 Å². The lowest BCUT2D eigenvalue weighted by molar-refractivity contribution is -0.870. The molecule has 0 fully saturated rings. The lowest BCUT2D eigenvalue weighted by Crippen LogP contribution is -2.37. The molecule has 0 saturated heterocycles. The fourth-order valence-corrected chi connectivity index (χ4v) is 10.3. The Labute approximate surface area is 577 Å². The number of nitrogens with zero attached hydrogens (tertiary/aromatic N) is 1. The van der Waals surface area contributed by atoms with Crippen LogP contribution in [-0.4, -0.2) is 74.9 Å². The predicted molar refractivity (Wildman–Crippen MR) is 408 cm³/mol. The van der Waals surface area contributed by atoms with E-state index in [1.807, 2.05) is 21.1 Å². The molecule has 0 aliphatic rings. The van der Waals surface area contributed by atoms with E-state index in [2.05, 4.69) is 208 Å². The fourth-order valence-electron chi connectivity index (χ4n) is 9.52. The van der Waals surface area contributed by atoms with E-state index in [0.29, 0.717) is 17.4 Å². The average Bonchev–Trinajstić information content (AvgIpc) is 1.56. The summed E-state index contributed by atoms with van der Waals surface area (Å²) in [5.74, 6) is -0.824. The monoisotopic (exact) mass is 1320 g/mol. The van der Waals surface area contributed by atoms with Crippen LogP contribution in [0.1, 0.15) is 271 Å². The summed E-state index contributed by atoms with van der Waals surface area (Å²) in [4.78, 5) is 35.9. The van der Waals surface area contributed by atoms with Crippen molar-refractivity contribution < 1.29 is 42.1 Å². The highest BCUT2D eigenvalue weighted by Crippen LogP contribution is 2.43. The number of carbonyl (C=O) groups excluding carboxylic acids is 2. The van der Waals surface area contributed by atoms with Crippen molar-refractivity contribution >= 4 is 19.8 Å². The molecule has 0 aromatic carbocycles. The van der Waals surface area contributed by atoms with Crippen LogP contribution in [0.2, 0.25) is 0 Å². The second-order valence-electron chi connectivity index (χ2n) is 25.2. The molecule has 0 aromatic heterocycles. The third kappa shape index (κ3) is 75.9. The van der Waals surface area contributed by atoms with Gasteiger partial charge in [-0.05, 0) is 141 Å². The van der Waals surface area contributed by atoms with Gasteiger partial charge in [0.2, 0.25) is 0 Å². The van der Waals surface area contributed by atoms with Gasteiger partial charge in [-0.3, -0.25) is 18.6 Å². The van der Waals surface area contributed by atoms with E-state index in [0.717, 1.165) is 161 Å². The van der Waals surface area contributed by atoms with Crippen molar-refractivity contribution in [3.05, 3.63) is 194 Å². The molecule has 0 rings (SSSR count). The van der Waals surface area contributed by atoms with Gasteiger partial charge in [0, 0.05) is 12.8 Å². The summed E-state index contributed by atoms with van der Waals surface area (Å²) in [7, 11) is 1.44. The van der Waals surface area contributed by atoms with Gasteiger partial charge in [0.1, 0.15) is 19.8 Å². The van der Waals surface area contributed by atoms with Gasteiger partial charge in [-0.15, -0.1) is 0 Å². The van der Waals surface area contributed by atoms with Gasteiger partial charge in [-0.1, -0.05) is 311 Å². The number of hydrogen-bond acceptors (Lipinski definition) is 7. The van der Waals surface area contributed by atoms with Crippen LogP contribution in [0, 0.1) is 0 Å². The van der Waals surface area contributed by atoms with E-state index >= 15 is 0 Å². The number of phosphoric acid groups is 1. The molecule has 0 heterocycles. The second kappa shape index (κ2) is 72.1. The molecule has 10 heteroatoms. The predicted octanol–water partition coefficient (Wildman–Crippen LogP) is 24.8. The molecule has 9 nitrogen and oxygen atoms in total. The van der Waals surface area contributed by atoms with Crippen LogP contribution in [0.3, 0.4) is 0 Å². The van der Waals surface area contributed by atoms with Crippen molar-refractivity contribution in [3.8, 4) is 0 Å². The number of esters is 2. The molecule has 1 N–H and O–H groups in total. The van der Waals surface area contributed by atoms with Crippen LogP contribution in [0.5, 0.6) is 0 Å². The molecule has 0 radical (unpaired) electrons. The number of hydrogen-bond donors (Lipinski definition) is 1. The van der Waals surface area contributed by atoms with Crippen LogP contribution >= 0.6 is 7.82 Å². The lowest BCUT2D eigenvalue weighted by atomic mass is 10.0. The Kier molecular flexibility index (Phi) is 68.2. The molecule has 0 bridgehead atoms. The molecule has 0 aliphatic heterocycles. The van der Waals surface area contributed by atoms with Gasteiger partial charge >= 0.3 is 19.8 Å². The summed E-state index contributed by atoms with van der Waals surface area (Å²) in [5, 5.41) is 0. The zero-order chi connectivity index (χ0) is 68.3. The topological polar surface area (TPSA) is 108 Å². The van der Waals surface area contributed by atoms with Gasteiger partial charge in [0.15, 0.2) is 6.10 Å². The van der Waals surface area contributed by atoms with Crippen molar-refractivity contribution in [2.24, 2.45) is 0 Å². The number of quaternary nitrogens is 1. The van der Waals surface area contributed by atoms with Crippen LogP contribution < -0.4 is 0 Å². The minimum absolute atomic E-state index is 0.0188. The normalized spacial score (nSPS) is 14.2. The van der Waals surface area contributed by atoms with Gasteiger partial charge in [-0.25, -0.2) is 4.57 Å². The average molecular weight is 1320 g/mol. The summed E-state index contributed by atoms with van der Waals surface area (Å²) in [6.45, 7) is 4.18. The number of unbranched alkanes of at least 4 members (excludes halogenated alkanes) is 20. The Bertz CT molecular complexity index is 2290. The Morgan fingerprint density at radius 1 is 0.330 bits per heavy atom. The smallest absolute Gasteiger partial charge is 0.462 e. The molecule has 0 aliphatic carbocycles. The third-order valence-electron chi connectivity index (χ3n) is 15.1. The number of ether oxygens (including phenoxy) is 2. The highest BCUT2D eigenvalue weighted by molar-refractivity contribution is 7.47. The van der Waals surface area contributed by atoms with Crippen LogP contribution in [0.25, 0.3) is 0 Å². The molecular formula is C84H137NO8P+. The van der Waals surface area contributed by atoms with E-state index in [4.69, 9.17) is 18.5 Å². The van der Waals surface area contributed by atoms with Gasteiger partial charge in [0.05, 0.1) is 27.7 Å². The maximum Gasteiger partial charge on any atom is 0.472 e. The molecule has 2 unspecified atom stereocenters. The molecule has 0 spiro atoms. The molecule has 2 atom stereocenters. The van der Waals surface area contributed by atoms with Gasteiger partial charge in [-0.2, -0.15) is 0 Å². The van der Waals surface area contributed by atoms with Crippen molar-refractivity contribution in [2.45, 2.75) is 277 Å². The standard InChI is InChI=1S/C84H136NO8P/c1-6-8-10-12-14-16-18-20-22-24-26-28-30-32-34-36-38-40-41-42-43-45-47-49-51-53-55-57-59-61-63-65-67-69-71-73-75-77-84(87)93-82(81-92-94(88,89)91-79-78-85(3,4)5)80-90-83(86)76-74-72-70-68-66-64-62-60-58-56-54-52-50-48-46-44-39-37-35-33-31-29-27-25-23-21-19-17-15-13-11-9-7-2/h8-11,14-17,20-23,26-29,32-35,38-40,42-44,47,49,53,55,59,61,82H,6-7,12-13,18-19,24-25,30-31,36-37,41,45-46,48,50-52,54,56-58,60,62-81H2,1-5H3/p+1/b10-8-,11-9-,16-14-,17-15-,22-20-,23-21-,28-26-,29-27-,34-32-,35-33-,40-38-,43-42-,44-39-,49-47-,55-53-,61-59-. The quantitative estimate of drug-likeness (QED) is 0.0211. The maximum atomic E-state index is 12.9. The van der Waals surface area contributed by atoms with Gasteiger partial charge < -0.3 is 18.9 Å². The summed E-state index contributed by atoms with van der Waals surface area (Å²) >= 11 is 0. The van der Waals surface area contributed by atoms with E-state index < -0.39 is 26.5 Å². The van der Waals surface area contributed by atoms with Crippen LogP contribution in [0.4, 0.5) is 0 Å². The number of phosphoric ester groups is 1. The summed E-state index contributed by atoms with van der Waals surface area (Å²) < 4.78 is 34.7. The minimum Gasteiger partial charge on any atom is -0.462 e. The Morgan fingerprint density at radius 3 is 0.851 bits per heavy atom. The highest BCUT2D eigenvalue weighted by Gasteiger charge is 2.27. The first-order valence-corrected chi connectivity index (χ1v) is 38.7. The van der Waals surface area contributed by atoms with Crippen LogP contribution in [0.15, 0.2) is 194 Å². The van der Waals surface area contributed by atoms with Crippen molar-refractivity contribution in [1.29, 1.82) is 0 Å². The summed E-state index contributed by atoms with van der Waals surface area (Å²) in [6.07, 6.45) is 112. The lowest BCUT2D eigenvalue weighted by Gasteiger charge is -2.24. The SMILES string of the molecule is CC/C=C\C/C=C\C/C=C\C/C=C\C/C=C\C/C=C\C/C=C\C/C=C\C/C=C\C/C=C\CCCCCCCCC(=O)OC(COC(=O)CCCCCCCCCCCCCCCC/C=C\C/C=C\C/C=C\C/C=C\C/C=C\C/C=C\CC)COP(=O)(O)OCC[N+](C)(C)C. The van der Waals surface area contributed by atoms with E-state index in [9.17, 15) is 19.0 Å². The number of carbonyl (C=O) groups is 2. The Balaban J connectivity index is 4.13. The molecule has 94 heavy (non-hydrogen) atoms. The Morgan fingerprint density at radius 2 is 0.574 bits per heavy atom. The van der Waals surface area contributed by atoms with E-state index in [-0.39, 0.29) is 32.0 Å². The number of rotatable bonds is 66. The zero-order valence-electron chi connectivity index (χ0n) is 60.4. The number of likely N-dealkylation sites (N-methyl/N-ethyl adjacent to an activating group) is 1. The molecule has 0 aromatic rings. The molecule has 0 saturated carbocycles. The van der Waals surface area contributed by atoms with Crippen molar-refractivity contribution in [2.75, 3.05) is 47.5 Å². The number of allylic oxidation sites excluding steroid dienone is 32. The molecular weight excluding hydrogens is 1180 g/mol. The second-order valence-corrected chi connectivity index (χ2v) is 26.7. The maximum absolute atomic E-state index is 12.9. The first-order valence-electron chi connectivity index (χ1n) is 37.2. The van der Waals surface area contributed by atoms with Crippen molar-refractivity contribution in [1.82, 2.24) is 0 Å². The van der Waals surface area contributed by atoms with Gasteiger partial charge in [0.25, 0.3) is 0 Å². The highest BCUT2D eigenvalue weighted by atomic mass is 31.2. The first kappa shape index (κ1) is 88.8. The van der Waals surface area contributed by atoms with Crippen molar-refractivity contribution in [3.63, 3.8) is 0 Å². The van der Waals surface area contributed by atoms with E-state index in [1.54, 1.807) is 0 Å². The minimum atomic E-state index is -4.41. The van der Waals surface area contributed by atoms with E-state index in [1.165, 1.54) is 77.0 Å². The fraction of sp³-hybridized carbons (Fsp3) is 0.595. The zero-order valence-corrected chi connectivity index (χ0v) is 61.3. The first-order chi connectivity index (χ1) is 46.0. The summed E-state index contributed by atoms with van der Waals surface area (Å²) in [6, 6.07) is 0. The third-order valence-corrected chi connectivity index (χ3v) is 16.1. The largest absolute Gasteiger partial charge is 0.472 e.